The number of amides is 1. The van der Waals surface area contributed by atoms with Crippen molar-refractivity contribution in [3.05, 3.63) is 17.3 Å². The Morgan fingerprint density at radius 2 is 2.11 bits per heavy atom. The Bertz CT molecular complexity index is 466. The highest BCUT2D eigenvalue weighted by Crippen LogP contribution is 2.44. The van der Waals surface area contributed by atoms with E-state index in [0.29, 0.717) is 29.3 Å². The summed E-state index contributed by atoms with van der Waals surface area (Å²) in [5.74, 6) is 2.38. The largest absolute Gasteiger partial charge is 0.436 e. The smallest absolute Gasteiger partial charge is 0.289 e. The first kappa shape index (κ1) is 11.8. The van der Waals surface area contributed by atoms with Gasteiger partial charge in [0.15, 0.2) is 5.89 Å². The van der Waals surface area contributed by atoms with Crippen molar-refractivity contribution in [1.29, 1.82) is 0 Å². The summed E-state index contributed by atoms with van der Waals surface area (Å²) in [6.07, 6.45) is 6.32. The number of hydrogen-bond donors (Lipinski definition) is 1. The van der Waals surface area contributed by atoms with Crippen LogP contribution < -0.4 is 5.32 Å². The molecule has 2 aliphatic carbocycles. The van der Waals surface area contributed by atoms with Crippen LogP contribution in [0.5, 0.6) is 0 Å². The van der Waals surface area contributed by atoms with Crippen LogP contribution in [0, 0.1) is 25.7 Å². The number of aryl methyl sites for hydroxylation is 2. The Morgan fingerprint density at radius 3 is 2.83 bits per heavy atom. The molecule has 0 bridgehead atoms. The number of carbonyl (C=O) groups is 1. The maximum absolute atomic E-state index is 12.2. The van der Waals surface area contributed by atoms with Gasteiger partial charge in [-0.15, -0.1) is 0 Å². The van der Waals surface area contributed by atoms with Gasteiger partial charge in [-0.3, -0.25) is 4.79 Å². The fourth-order valence-electron chi connectivity index (χ4n) is 3.72. The van der Waals surface area contributed by atoms with Crippen LogP contribution in [0.4, 0.5) is 0 Å². The second-order valence-corrected chi connectivity index (χ2v) is 5.66. The quantitative estimate of drug-likeness (QED) is 0.875. The SMILES string of the molecule is Cc1nc(C)c(C(=O)N[C@@H]2CC[C@H]3CCC[C@H]32)o1. The van der Waals surface area contributed by atoms with Crippen molar-refractivity contribution in [2.24, 2.45) is 11.8 Å². The highest BCUT2D eigenvalue weighted by molar-refractivity contribution is 5.92. The fourth-order valence-corrected chi connectivity index (χ4v) is 3.72. The zero-order chi connectivity index (χ0) is 12.7. The third-order valence-electron chi connectivity index (χ3n) is 4.51. The van der Waals surface area contributed by atoms with Gasteiger partial charge in [-0.05, 0) is 38.0 Å². The number of hydrogen-bond acceptors (Lipinski definition) is 3. The van der Waals surface area contributed by atoms with Gasteiger partial charge in [0.05, 0.1) is 5.69 Å². The van der Waals surface area contributed by atoms with Crippen molar-refractivity contribution in [3.63, 3.8) is 0 Å². The second kappa shape index (κ2) is 4.41. The molecule has 0 spiro atoms. The van der Waals surface area contributed by atoms with Gasteiger partial charge in [-0.1, -0.05) is 12.8 Å². The molecule has 2 aliphatic rings. The van der Waals surface area contributed by atoms with Crippen molar-refractivity contribution in [2.45, 2.75) is 52.0 Å². The molecule has 2 fully saturated rings. The molecule has 1 N–H and O–H groups in total. The number of oxazole rings is 1. The van der Waals surface area contributed by atoms with Gasteiger partial charge in [-0.2, -0.15) is 0 Å². The summed E-state index contributed by atoms with van der Waals surface area (Å²) in [7, 11) is 0. The standard InChI is InChI=1S/C14H20N2O2/c1-8-13(18-9(2)15-8)14(17)16-12-7-6-10-4-3-5-11(10)12/h10-12H,3-7H2,1-2H3,(H,16,17)/t10-,11-,12-/m1/s1. The Hall–Kier alpha value is -1.32. The summed E-state index contributed by atoms with van der Waals surface area (Å²) < 4.78 is 5.37. The Balaban J connectivity index is 1.69. The van der Waals surface area contributed by atoms with Crippen molar-refractivity contribution < 1.29 is 9.21 Å². The van der Waals surface area contributed by atoms with Gasteiger partial charge >= 0.3 is 0 Å². The monoisotopic (exact) mass is 248 g/mol. The fraction of sp³-hybridized carbons (Fsp3) is 0.714. The number of nitrogens with zero attached hydrogens (tertiary/aromatic N) is 1. The van der Waals surface area contributed by atoms with Crippen LogP contribution in [-0.4, -0.2) is 16.9 Å². The van der Waals surface area contributed by atoms with Crippen molar-refractivity contribution >= 4 is 5.91 Å². The van der Waals surface area contributed by atoms with Gasteiger partial charge in [0, 0.05) is 13.0 Å². The molecule has 18 heavy (non-hydrogen) atoms. The van der Waals surface area contributed by atoms with Crippen LogP contribution in [0.3, 0.4) is 0 Å². The van der Waals surface area contributed by atoms with E-state index in [1.807, 2.05) is 6.92 Å². The van der Waals surface area contributed by atoms with E-state index in [-0.39, 0.29) is 5.91 Å². The average molecular weight is 248 g/mol. The van der Waals surface area contributed by atoms with E-state index in [1.165, 1.54) is 25.7 Å². The van der Waals surface area contributed by atoms with Gasteiger partial charge in [0.25, 0.3) is 5.91 Å². The molecule has 0 aromatic carbocycles. The maximum atomic E-state index is 12.2. The molecule has 0 radical (unpaired) electrons. The molecule has 0 aliphatic heterocycles. The Kier molecular flexibility index (Phi) is 2.88. The molecule has 4 heteroatoms. The Labute approximate surface area is 107 Å². The van der Waals surface area contributed by atoms with E-state index in [4.69, 9.17) is 4.42 Å². The second-order valence-electron chi connectivity index (χ2n) is 5.66. The summed E-state index contributed by atoms with van der Waals surface area (Å²) in [4.78, 5) is 16.3. The van der Waals surface area contributed by atoms with Crippen molar-refractivity contribution in [3.8, 4) is 0 Å². The Morgan fingerprint density at radius 1 is 1.28 bits per heavy atom. The van der Waals surface area contributed by atoms with Crippen LogP contribution in [0.15, 0.2) is 4.42 Å². The molecular weight excluding hydrogens is 228 g/mol. The van der Waals surface area contributed by atoms with Crippen LogP contribution in [0.1, 0.15) is 54.2 Å². The van der Waals surface area contributed by atoms with Crippen molar-refractivity contribution in [2.75, 3.05) is 0 Å². The van der Waals surface area contributed by atoms with Gasteiger partial charge < -0.3 is 9.73 Å². The van der Waals surface area contributed by atoms with Gasteiger partial charge in [-0.25, -0.2) is 4.98 Å². The zero-order valence-corrected chi connectivity index (χ0v) is 11.0. The van der Waals surface area contributed by atoms with Crippen LogP contribution in [-0.2, 0) is 0 Å². The summed E-state index contributed by atoms with van der Waals surface area (Å²) >= 11 is 0. The lowest BCUT2D eigenvalue weighted by atomic mass is 9.97. The molecule has 2 saturated carbocycles. The molecule has 98 valence electrons. The normalized spacial score (nSPS) is 30.4. The molecule has 0 unspecified atom stereocenters. The van der Waals surface area contributed by atoms with E-state index in [0.717, 1.165) is 12.3 Å². The first-order chi connectivity index (χ1) is 8.65. The number of rotatable bonds is 2. The maximum Gasteiger partial charge on any atom is 0.289 e. The number of aromatic nitrogens is 1. The van der Waals surface area contributed by atoms with Crippen LogP contribution in [0.25, 0.3) is 0 Å². The predicted octanol–water partition coefficient (Wildman–Crippen LogP) is 2.60. The average Bonchev–Trinajstić information content (AvgIpc) is 2.96. The van der Waals surface area contributed by atoms with E-state index >= 15 is 0 Å². The highest BCUT2D eigenvalue weighted by atomic mass is 16.4. The molecular formula is C14H20N2O2. The van der Waals surface area contributed by atoms with E-state index in [9.17, 15) is 4.79 Å². The third kappa shape index (κ3) is 1.93. The first-order valence-electron chi connectivity index (χ1n) is 6.90. The van der Waals surface area contributed by atoms with E-state index < -0.39 is 0 Å². The minimum absolute atomic E-state index is 0.0920. The van der Waals surface area contributed by atoms with Gasteiger partial charge in [0.2, 0.25) is 5.76 Å². The highest BCUT2D eigenvalue weighted by Gasteiger charge is 2.40. The molecule has 0 saturated heterocycles. The molecule has 1 amide bonds. The number of nitrogens with one attached hydrogen (secondary N) is 1. The van der Waals surface area contributed by atoms with E-state index in [1.54, 1.807) is 6.92 Å². The minimum Gasteiger partial charge on any atom is -0.436 e. The minimum atomic E-state index is -0.0920. The molecule has 1 aromatic heterocycles. The first-order valence-corrected chi connectivity index (χ1v) is 6.90. The molecule has 3 rings (SSSR count). The lowest BCUT2D eigenvalue weighted by molar-refractivity contribution is 0.0896. The zero-order valence-electron chi connectivity index (χ0n) is 11.0. The molecule has 1 heterocycles. The van der Waals surface area contributed by atoms with E-state index in [2.05, 4.69) is 10.3 Å². The summed E-state index contributed by atoms with van der Waals surface area (Å²) in [6.45, 7) is 3.59. The predicted molar refractivity (Wildman–Crippen MR) is 67.3 cm³/mol. The topological polar surface area (TPSA) is 55.1 Å². The summed E-state index contributed by atoms with van der Waals surface area (Å²) in [5, 5.41) is 3.15. The number of fused-ring (bicyclic) bond motifs is 1. The summed E-state index contributed by atoms with van der Waals surface area (Å²) in [6, 6.07) is 0.342. The van der Waals surface area contributed by atoms with Crippen molar-refractivity contribution in [1.82, 2.24) is 10.3 Å². The molecule has 1 aromatic rings. The molecule has 4 nitrogen and oxygen atoms in total. The summed E-state index contributed by atoms with van der Waals surface area (Å²) in [5.41, 5.74) is 0.686. The van der Waals surface area contributed by atoms with Crippen LogP contribution >= 0.6 is 0 Å². The lowest BCUT2D eigenvalue weighted by Crippen LogP contribution is -2.37. The number of carbonyl (C=O) groups excluding carboxylic acids is 1. The van der Waals surface area contributed by atoms with Gasteiger partial charge in [0.1, 0.15) is 0 Å². The lowest BCUT2D eigenvalue weighted by Gasteiger charge is -2.19. The van der Waals surface area contributed by atoms with Crippen LogP contribution in [0.2, 0.25) is 0 Å². The molecule has 3 atom stereocenters. The third-order valence-corrected chi connectivity index (χ3v) is 4.51.